The smallest absolute Gasteiger partial charge is 0.160 e. The highest BCUT2D eigenvalue weighted by Gasteiger charge is 2.17. The molecule has 0 spiro atoms. The molecule has 3 heteroatoms. The van der Waals surface area contributed by atoms with E-state index in [9.17, 15) is 5.26 Å². The monoisotopic (exact) mass is 761 g/mol. The summed E-state index contributed by atoms with van der Waals surface area (Å²) in [6.45, 7) is 0. The van der Waals surface area contributed by atoms with Crippen molar-refractivity contribution in [2.75, 3.05) is 0 Å². The third-order valence-electron chi connectivity index (χ3n) is 11.7. The molecule has 60 heavy (non-hydrogen) atoms. The number of aromatic nitrogens is 2. The lowest BCUT2D eigenvalue weighted by Gasteiger charge is -2.17. The fraction of sp³-hybridized carbons (Fsp3) is 0. The van der Waals surface area contributed by atoms with Gasteiger partial charge in [0.05, 0.1) is 23.0 Å². The Hall–Kier alpha value is -8.19. The second-order valence-corrected chi connectivity index (χ2v) is 15.2. The molecule has 1 heterocycles. The lowest BCUT2D eigenvalue weighted by atomic mass is 9.86. The second kappa shape index (κ2) is 14.6. The van der Waals surface area contributed by atoms with Gasteiger partial charge in [0.2, 0.25) is 0 Å². The number of fused-ring (bicyclic) bond motifs is 5. The van der Waals surface area contributed by atoms with Gasteiger partial charge in [-0.15, -0.1) is 0 Å². The maximum atomic E-state index is 9.34. The van der Waals surface area contributed by atoms with E-state index < -0.39 is 0 Å². The van der Waals surface area contributed by atoms with E-state index in [-0.39, 0.29) is 0 Å². The zero-order valence-corrected chi connectivity index (χ0v) is 32.5. The third-order valence-corrected chi connectivity index (χ3v) is 11.7. The van der Waals surface area contributed by atoms with Crippen molar-refractivity contribution in [1.29, 1.82) is 5.26 Å². The van der Waals surface area contributed by atoms with Crippen LogP contribution in [-0.4, -0.2) is 9.97 Å². The van der Waals surface area contributed by atoms with Crippen molar-refractivity contribution in [2.45, 2.75) is 0 Å². The summed E-state index contributed by atoms with van der Waals surface area (Å²) in [6, 6.07) is 77.2. The Bertz CT molecular complexity index is 3450. The van der Waals surface area contributed by atoms with Crippen molar-refractivity contribution >= 4 is 43.1 Å². The lowest BCUT2D eigenvalue weighted by molar-refractivity contribution is 1.18. The largest absolute Gasteiger partial charge is 0.228 e. The van der Waals surface area contributed by atoms with Crippen molar-refractivity contribution in [1.82, 2.24) is 9.97 Å². The van der Waals surface area contributed by atoms with Gasteiger partial charge >= 0.3 is 0 Å². The third kappa shape index (κ3) is 6.16. The molecule has 10 aromatic carbocycles. The molecule has 0 amide bonds. The van der Waals surface area contributed by atoms with Crippen molar-refractivity contribution in [3.8, 4) is 73.4 Å². The number of rotatable bonds is 6. The molecule has 0 aliphatic heterocycles. The summed E-state index contributed by atoms with van der Waals surface area (Å²) in [4.78, 5) is 9.94. The molecule has 11 rings (SSSR count). The van der Waals surface area contributed by atoms with Crippen molar-refractivity contribution < 1.29 is 0 Å². The van der Waals surface area contributed by atoms with E-state index in [4.69, 9.17) is 9.97 Å². The van der Waals surface area contributed by atoms with Crippen LogP contribution in [0.5, 0.6) is 0 Å². The summed E-state index contributed by atoms with van der Waals surface area (Å²) in [7, 11) is 0. The molecule has 0 saturated heterocycles. The Balaban J connectivity index is 0.948. The van der Waals surface area contributed by atoms with E-state index in [1.165, 1.54) is 65.3 Å². The minimum absolute atomic E-state index is 0.617. The molecule has 3 nitrogen and oxygen atoms in total. The normalized spacial score (nSPS) is 11.3. The van der Waals surface area contributed by atoms with E-state index in [1.807, 2.05) is 60.7 Å². The van der Waals surface area contributed by atoms with Crippen LogP contribution in [-0.2, 0) is 0 Å². The molecule has 0 bridgehead atoms. The summed E-state index contributed by atoms with van der Waals surface area (Å²) in [6.07, 6.45) is 0. The molecule has 11 aromatic rings. The van der Waals surface area contributed by atoms with Gasteiger partial charge in [0.25, 0.3) is 0 Å². The number of hydrogen-bond donors (Lipinski definition) is 0. The van der Waals surface area contributed by atoms with Crippen LogP contribution in [0.25, 0.3) is 110 Å². The van der Waals surface area contributed by atoms with Crippen LogP contribution < -0.4 is 0 Å². The van der Waals surface area contributed by atoms with Gasteiger partial charge in [0, 0.05) is 16.7 Å². The fourth-order valence-electron chi connectivity index (χ4n) is 8.73. The van der Waals surface area contributed by atoms with Crippen LogP contribution >= 0.6 is 0 Å². The average Bonchev–Trinajstić information content (AvgIpc) is 3.33. The zero-order chi connectivity index (χ0) is 40.0. The van der Waals surface area contributed by atoms with Crippen molar-refractivity contribution in [2.24, 2.45) is 0 Å². The van der Waals surface area contributed by atoms with Gasteiger partial charge < -0.3 is 0 Å². The molecule has 0 fully saturated rings. The summed E-state index contributed by atoms with van der Waals surface area (Å²) >= 11 is 0. The molecule has 1 aromatic heterocycles. The second-order valence-electron chi connectivity index (χ2n) is 15.2. The Morgan fingerprint density at radius 3 is 1.50 bits per heavy atom. The number of benzene rings is 10. The maximum absolute atomic E-state index is 9.34. The fourth-order valence-corrected chi connectivity index (χ4v) is 8.73. The Kier molecular flexibility index (Phi) is 8.54. The quantitative estimate of drug-likeness (QED) is 0.125. The van der Waals surface area contributed by atoms with Gasteiger partial charge in [0.1, 0.15) is 0 Å². The average molecular weight is 762 g/mol. The van der Waals surface area contributed by atoms with Crippen LogP contribution in [0.1, 0.15) is 5.56 Å². The molecule has 0 aliphatic rings. The molecule has 0 unspecified atom stereocenters. The maximum Gasteiger partial charge on any atom is 0.160 e. The van der Waals surface area contributed by atoms with Gasteiger partial charge in [0.15, 0.2) is 5.82 Å². The van der Waals surface area contributed by atoms with Crippen LogP contribution in [0.2, 0.25) is 0 Å². The Morgan fingerprint density at radius 2 is 0.833 bits per heavy atom. The highest BCUT2D eigenvalue weighted by molar-refractivity contribution is 6.23. The van der Waals surface area contributed by atoms with Crippen LogP contribution in [0.15, 0.2) is 212 Å². The van der Waals surface area contributed by atoms with Gasteiger partial charge in [-0.3, -0.25) is 0 Å². The predicted octanol–water partition coefficient (Wildman–Crippen LogP) is 15.0. The highest BCUT2D eigenvalue weighted by Crippen LogP contribution is 2.44. The van der Waals surface area contributed by atoms with Gasteiger partial charge in [-0.25, -0.2) is 9.97 Å². The number of nitriles is 1. The topological polar surface area (TPSA) is 49.6 Å². The molecular weight excluding hydrogens is 727 g/mol. The standard InChI is InChI=1S/C57H35N3/c58-36-37-18-20-42(21-19-37)54-35-55(60-57(59-54)44-11-2-1-3-12-44)43-28-24-39(25-29-43)38-22-26-41(27-23-38)47-32-33-51(50-17-9-8-16-49(47)50)56-48-15-7-5-13-45(48)34-53-46-14-6-4-10-40(46)30-31-52(53)56/h1-35H. The van der Waals surface area contributed by atoms with Gasteiger partial charge in [-0.1, -0.05) is 188 Å². The van der Waals surface area contributed by atoms with Gasteiger partial charge in [-0.2, -0.15) is 5.26 Å². The molecule has 0 aliphatic carbocycles. The van der Waals surface area contributed by atoms with E-state index >= 15 is 0 Å². The van der Waals surface area contributed by atoms with Crippen LogP contribution in [0.3, 0.4) is 0 Å². The highest BCUT2D eigenvalue weighted by atomic mass is 14.9. The number of nitrogens with zero attached hydrogens (tertiary/aromatic N) is 3. The molecule has 0 saturated carbocycles. The van der Waals surface area contributed by atoms with E-state index in [0.717, 1.165) is 39.2 Å². The van der Waals surface area contributed by atoms with Crippen molar-refractivity contribution in [3.63, 3.8) is 0 Å². The lowest BCUT2D eigenvalue weighted by Crippen LogP contribution is -1.96. The van der Waals surface area contributed by atoms with Gasteiger partial charge in [-0.05, 0) is 101 Å². The molecular formula is C57H35N3. The summed E-state index contributed by atoms with van der Waals surface area (Å²) in [5.74, 6) is 0.659. The summed E-state index contributed by atoms with van der Waals surface area (Å²) < 4.78 is 0. The minimum atomic E-state index is 0.617. The van der Waals surface area contributed by atoms with Crippen LogP contribution in [0.4, 0.5) is 0 Å². The Labute approximate surface area is 348 Å². The SMILES string of the molecule is N#Cc1ccc(-c2cc(-c3ccc(-c4ccc(-c5ccc(-c6c7ccccc7cc7c6ccc6ccccc67)c6ccccc56)cc4)cc3)nc(-c3ccccc3)n2)cc1. The molecule has 0 radical (unpaired) electrons. The Morgan fingerprint density at radius 1 is 0.317 bits per heavy atom. The van der Waals surface area contributed by atoms with Crippen molar-refractivity contribution in [3.05, 3.63) is 218 Å². The first-order chi connectivity index (χ1) is 29.7. The summed E-state index contributed by atoms with van der Waals surface area (Å²) in [5.41, 5.74) is 12.3. The number of hydrogen-bond acceptors (Lipinski definition) is 3. The van der Waals surface area contributed by atoms with E-state index in [0.29, 0.717) is 11.4 Å². The van der Waals surface area contributed by atoms with Crippen LogP contribution in [0, 0.1) is 11.3 Å². The summed E-state index contributed by atoms with van der Waals surface area (Å²) in [5, 5.41) is 19.4. The first kappa shape index (κ1) is 35.0. The molecule has 278 valence electrons. The first-order valence-corrected chi connectivity index (χ1v) is 20.2. The molecule has 0 atom stereocenters. The van der Waals surface area contributed by atoms with E-state index in [2.05, 4.69) is 158 Å². The first-order valence-electron chi connectivity index (χ1n) is 20.2. The minimum Gasteiger partial charge on any atom is -0.228 e. The van der Waals surface area contributed by atoms with E-state index in [1.54, 1.807) is 0 Å². The predicted molar refractivity (Wildman–Crippen MR) is 249 cm³/mol. The molecule has 0 N–H and O–H groups in total. The zero-order valence-electron chi connectivity index (χ0n) is 32.5.